The maximum absolute atomic E-state index is 13.2. The first-order valence-corrected chi connectivity index (χ1v) is 4.36. The number of aromatic nitrogens is 4. The van der Waals surface area contributed by atoms with Gasteiger partial charge < -0.3 is 10.3 Å². The minimum Gasteiger partial charge on any atom is -0.381 e. The lowest BCUT2D eigenvalue weighted by Crippen LogP contribution is -2.04. The van der Waals surface area contributed by atoms with Crippen molar-refractivity contribution in [1.82, 2.24) is 19.5 Å². The van der Waals surface area contributed by atoms with Crippen LogP contribution in [0.3, 0.4) is 0 Å². The lowest BCUT2D eigenvalue weighted by atomic mass is 10.3. The van der Waals surface area contributed by atoms with Gasteiger partial charge in [-0.15, -0.1) is 0 Å². The SMILES string of the molecule is Cc1nc(-c2cncn2C)nc(N)c1F. The quantitative estimate of drug-likeness (QED) is 0.754. The third kappa shape index (κ3) is 1.54. The van der Waals surface area contributed by atoms with Crippen molar-refractivity contribution >= 4 is 5.82 Å². The van der Waals surface area contributed by atoms with E-state index in [9.17, 15) is 4.39 Å². The second-order valence-corrected chi connectivity index (χ2v) is 3.22. The maximum atomic E-state index is 13.2. The van der Waals surface area contributed by atoms with Crippen LogP contribution in [-0.2, 0) is 7.05 Å². The van der Waals surface area contributed by atoms with Gasteiger partial charge in [0.15, 0.2) is 17.5 Å². The molecule has 0 amide bonds. The smallest absolute Gasteiger partial charge is 0.186 e. The molecular weight excluding hydrogens is 197 g/mol. The summed E-state index contributed by atoms with van der Waals surface area (Å²) in [6.45, 7) is 1.55. The Morgan fingerprint density at radius 1 is 1.40 bits per heavy atom. The van der Waals surface area contributed by atoms with Gasteiger partial charge in [-0.1, -0.05) is 0 Å². The van der Waals surface area contributed by atoms with Gasteiger partial charge in [0.2, 0.25) is 0 Å². The molecule has 15 heavy (non-hydrogen) atoms. The van der Waals surface area contributed by atoms with Crippen molar-refractivity contribution in [2.24, 2.45) is 7.05 Å². The van der Waals surface area contributed by atoms with E-state index in [4.69, 9.17) is 5.73 Å². The van der Waals surface area contributed by atoms with Gasteiger partial charge in [0.1, 0.15) is 5.69 Å². The molecule has 2 rings (SSSR count). The van der Waals surface area contributed by atoms with Crippen LogP contribution in [0.25, 0.3) is 11.5 Å². The highest BCUT2D eigenvalue weighted by molar-refractivity contribution is 5.52. The first-order chi connectivity index (χ1) is 7.09. The van der Waals surface area contributed by atoms with Crippen molar-refractivity contribution in [1.29, 1.82) is 0 Å². The summed E-state index contributed by atoms with van der Waals surface area (Å²) in [7, 11) is 1.81. The fourth-order valence-electron chi connectivity index (χ4n) is 1.27. The summed E-state index contributed by atoms with van der Waals surface area (Å²) in [6.07, 6.45) is 3.22. The highest BCUT2D eigenvalue weighted by Crippen LogP contribution is 2.18. The Labute approximate surface area is 85.8 Å². The standard InChI is InChI=1S/C9H10FN5/c1-5-7(10)8(11)14-9(13-5)6-3-12-4-15(6)2/h3-4H,1-2H3,(H2,11,13,14). The fourth-order valence-corrected chi connectivity index (χ4v) is 1.27. The molecule has 78 valence electrons. The molecule has 0 aliphatic carbocycles. The van der Waals surface area contributed by atoms with E-state index < -0.39 is 5.82 Å². The molecular formula is C9H10FN5. The van der Waals surface area contributed by atoms with Gasteiger partial charge >= 0.3 is 0 Å². The number of hydrogen-bond acceptors (Lipinski definition) is 4. The molecule has 2 aromatic rings. The van der Waals surface area contributed by atoms with E-state index in [2.05, 4.69) is 15.0 Å². The van der Waals surface area contributed by atoms with Crippen molar-refractivity contribution in [2.45, 2.75) is 6.92 Å². The Bertz CT molecular complexity index is 482. The molecule has 0 atom stereocenters. The summed E-state index contributed by atoms with van der Waals surface area (Å²) < 4.78 is 14.9. The predicted octanol–water partition coefficient (Wildman–Crippen LogP) is 0.907. The number of halogens is 1. The van der Waals surface area contributed by atoms with Crippen LogP contribution >= 0.6 is 0 Å². The molecule has 0 aliphatic heterocycles. The number of nitrogen functional groups attached to an aromatic ring is 1. The molecule has 2 N–H and O–H groups in total. The summed E-state index contributed by atoms with van der Waals surface area (Å²) in [5.74, 6) is -0.328. The normalized spacial score (nSPS) is 10.6. The number of aryl methyl sites for hydroxylation is 2. The first kappa shape index (κ1) is 9.57. The zero-order chi connectivity index (χ0) is 11.0. The van der Waals surface area contributed by atoms with Crippen molar-refractivity contribution < 1.29 is 4.39 Å². The molecule has 0 unspecified atom stereocenters. The Kier molecular flexibility index (Phi) is 2.11. The van der Waals surface area contributed by atoms with Crippen molar-refractivity contribution in [3.8, 4) is 11.5 Å². The molecule has 2 heterocycles. The molecule has 0 aliphatic rings. The van der Waals surface area contributed by atoms with Gasteiger partial charge in [-0.05, 0) is 6.92 Å². The predicted molar refractivity (Wildman–Crippen MR) is 53.3 cm³/mol. The average Bonchev–Trinajstić information content (AvgIpc) is 2.60. The van der Waals surface area contributed by atoms with E-state index >= 15 is 0 Å². The monoisotopic (exact) mass is 207 g/mol. The van der Waals surface area contributed by atoms with Crippen LogP contribution in [0.4, 0.5) is 10.2 Å². The molecule has 0 aromatic carbocycles. The lowest BCUT2D eigenvalue weighted by molar-refractivity contribution is 0.608. The molecule has 0 saturated heterocycles. The second kappa shape index (κ2) is 3.30. The Balaban J connectivity index is 2.60. The highest BCUT2D eigenvalue weighted by atomic mass is 19.1. The van der Waals surface area contributed by atoms with E-state index in [1.807, 2.05) is 0 Å². The zero-order valence-corrected chi connectivity index (χ0v) is 8.40. The van der Waals surface area contributed by atoms with Crippen LogP contribution in [-0.4, -0.2) is 19.5 Å². The molecule has 5 nitrogen and oxygen atoms in total. The fraction of sp³-hybridized carbons (Fsp3) is 0.222. The summed E-state index contributed by atoms with van der Waals surface area (Å²) in [6, 6.07) is 0. The van der Waals surface area contributed by atoms with Gasteiger partial charge in [-0.3, -0.25) is 0 Å². The van der Waals surface area contributed by atoms with E-state index in [1.54, 1.807) is 31.1 Å². The average molecular weight is 207 g/mol. The Hall–Kier alpha value is -1.98. The minimum absolute atomic E-state index is 0.140. The van der Waals surface area contributed by atoms with Crippen LogP contribution in [0.1, 0.15) is 5.69 Å². The number of nitrogens with zero attached hydrogens (tertiary/aromatic N) is 4. The van der Waals surface area contributed by atoms with E-state index in [1.165, 1.54) is 0 Å². The number of rotatable bonds is 1. The summed E-state index contributed by atoms with van der Waals surface area (Å²) >= 11 is 0. The second-order valence-electron chi connectivity index (χ2n) is 3.22. The first-order valence-electron chi connectivity index (χ1n) is 4.36. The number of nitrogens with two attached hydrogens (primary N) is 1. The zero-order valence-electron chi connectivity index (χ0n) is 8.40. The molecule has 0 radical (unpaired) electrons. The third-order valence-electron chi connectivity index (χ3n) is 2.09. The molecule has 0 saturated carbocycles. The van der Waals surface area contributed by atoms with Gasteiger partial charge in [0, 0.05) is 7.05 Å². The van der Waals surface area contributed by atoms with Crippen LogP contribution < -0.4 is 5.73 Å². The van der Waals surface area contributed by atoms with E-state index in [0.29, 0.717) is 11.5 Å². The van der Waals surface area contributed by atoms with Crippen LogP contribution in [0, 0.1) is 12.7 Å². The summed E-state index contributed by atoms with van der Waals surface area (Å²) in [5, 5.41) is 0. The van der Waals surface area contributed by atoms with Crippen molar-refractivity contribution in [3.63, 3.8) is 0 Å². The maximum Gasteiger partial charge on any atom is 0.186 e. The Morgan fingerprint density at radius 3 is 2.67 bits per heavy atom. The summed E-state index contributed by atoms with van der Waals surface area (Å²) in [5.41, 5.74) is 6.36. The van der Waals surface area contributed by atoms with Crippen LogP contribution in [0.5, 0.6) is 0 Å². The number of hydrogen-bond donors (Lipinski definition) is 1. The molecule has 0 bridgehead atoms. The molecule has 0 spiro atoms. The van der Waals surface area contributed by atoms with Gasteiger partial charge in [-0.2, -0.15) is 0 Å². The number of imidazole rings is 1. The third-order valence-corrected chi connectivity index (χ3v) is 2.09. The van der Waals surface area contributed by atoms with Gasteiger partial charge in [0.25, 0.3) is 0 Å². The van der Waals surface area contributed by atoms with Crippen LogP contribution in [0.15, 0.2) is 12.5 Å². The molecule has 0 fully saturated rings. The highest BCUT2D eigenvalue weighted by Gasteiger charge is 2.11. The Morgan fingerprint density at radius 2 is 2.13 bits per heavy atom. The lowest BCUT2D eigenvalue weighted by Gasteiger charge is -2.04. The minimum atomic E-state index is -0.569. The van der Waals surface area contributed by atoms with Crippen molar-refractivity contribution in [3.05, 3.63) is 24.0 Å². The largest absolute Gasteiger partial charge is 0.381 e. The molecule has 2 aromatic heterocycles. The summed E-state index contributed by atoms with van der Waals surface area (Å²) in [4.78, 5) is 11.8. The topological polar surface area (TPSA) is 69.6 Å². The van der Waals surface area contributed by atoms with Gasteiger partial charge in [-0.25, -0.2) is 19.3 Å². The van der Waals surface area contributed by atoms with E-state index in [-0.39, 0.29) is 11.5 Å². The number of anilines is 1. The van der Waals surface area contributed by atoms with Crippen molar-refractivity contribution in [2.75, 3.05) is 5.73 Å². The van der Waals surface area contributed by atoms with Gasteiger partial charge in [0.05, 0.1) is 18.2 Å². The molecule has 6 heteroatoms. The van der Waals surface area contributed by atoms with E-state index in [0.717, 1.165) is 0 Å². The van der Waals surface area contributed by atoms with Crippen LogP contribution in [0.2, 0.25) is 0 Å².